The molecular weight excluding hydrogens is 642 g/mol. The van der Waals surface area contributed by atoms with Gasteiger partial charge in [0.15, 0.2) is 5.75 Å². The van der Waals surface area contributed by atoms with Crippen molar-refractivity contribution in [3.05, 3.63) is 95.4 Å². The van der Waals surface area contributed by atoms with Crippen LogP contribution in [0.15, 0.2) is 72.9 Å². The van der Waals surface area contributed by atoms with Crippen molar-refractivity contribution in [1.82, 2.24) is 14.8 Å². The van der Waals surface area contributed by atoms with E-state index in [2.05, 4.69) is 27.4 Å². The van der Waals surface area contributed by atoms with E-state index in [0.717, 1.165) is 37.0 Å². The molecule has 2 amide bonds. The van der Waals surface area contributed by atoms with Crippen LogP contribution in [0.3, 0.4) is 0 Å². The maximum Gasteiger partial charge on any atom is 0.416 e. The summed E-state index contributed by atoms with van der Waals surface area (Å²) < 4.78 is 74.0. The predicted octanol–water partition coefficient (Wildman–Crippen LogP) is 7.67. The molecule has 0 saturated carbocycles. The number of piperazine rings is 1. The van der Waals surface area contributed by atoms with Gasteiger partial charge in [-0.05, 0) is 72.6 Å². The van der Waals surface area contributed by atoms with Crippen molar-refractivity contribution in [2.24, 2.45) is 0 Å². The number of halogens is 4. The largest absolute Gasteiger partial charge is 0.497 e. The lowest BCUT2D eigenvalue weighted by molar-refractivity contribution is -0.138. The number of hydrogen-bond acceptors (Lipinski definition) is 7. The van der Waals surface area contributed by atoms with Crippen molar-refractivity contribution in [3.8, 4) is 28.5 Å². The Hall–Kier alpha value is -4.88. The molecular formula is C36H39F4N5O4. The SMILES string of the molecule is CCOc1cc(-c2ccc(NC(=O)Nc3ccc(CN4CCN(CC)CC4)c(C(F)(F)F)c3)c(F)c2)cnc1OCc1ccc(OC)cc1. The highest BCUT2D eigenvalue weighted by Crippen LogP contribution is 2.35. The summed E-state index contributed by atoms with van der Waals surface area (Å²) in [6, 6.07) is 16.1. The van der Waals surface area contributed by atoms with Crippen LogP contribution in [0.1, 0.15) is 30.5 Å². The molecule has 260 valence electrons. The van der Waals surface area contributed by atoms with Crippen molar-refractivity contribution >= 4 is 17.4 Å². The first-order valence-electron chi connectivity index (χ1n) is 16.0. The van der Waals surface area contributed by atoms with E-state index in [4.69, 9.17) is 14.2 Å². The highest BCUT2D eigenvalue weighted by atomic mass is 19.4. The van der Waals surface area contributed by atoms with Gasteiger partial charge < -0.3 is 29.7 Å². The monoisotopic (exact) mass is 681 g/mol. The summed E-state index contributed by atoms with van der Waals surface area (Å²) in [5.41, 5.74) is 0.989. The Balaban J connectivity index is 1.23. The number of benzene rings is 3. The fraction of sp³-hybridized carbons (Fsp3) is 0.333. The molecule has 4 aromatic rings. The third kappa shape index (κ3) is 9.39. The number of ether oxygens (including phenoxy) is 3. The van der Waals surface area contributed by atoms with Gasteiger partial charge in [0.25, 0.3) is 5.88 Å². The molecule has 1 saturated heterocycles. The highest BCUT2D eigenvalue weighted by Gasteiger charge is 2.34. The Morgan fingerprint density at radius 1 is 0.878 bits per heavy atom. The second-order valence-corrected chi connectivity index (χ2v) is 11.5. The van der Waals surface area contributed by atoms with Gasteiger partial charge in [-0.25, -0.2) is 14.2 Å². The van der Waals surface area contributed by atoms with E-state index < -0.39 is 23.6 Å². The Morgan fingerprint density at radius 2 is 1.61 bits per heavy atom. The molecule has 1 fully saturated rings. The van der Waals surface area contributed by atoms with E-state index in [-0.39, 0.29) is 36.0 Å². The molecule has 49 heavy (non-hydrogen) atoms. The van der Waals surface area contributed by atoms with Gasteiger partial charge in [-0.3, -0.25) is 4.90 Å². The number of nitrogens with one attached hydrogen (secondary N) is 2. The summed E-state index contributed by atoms with van der Waals surface area (Å²) in [5, 5.41) is 4.77. The van der Waals surface area contributed by atoms with Crippen LogP contribution in [0, 0.1) is 5.82 Å². The van der Waals surface area contributed by atoms with E-state index in [9.17, 15) is 18.0 Å². The number of rotatable bonds is 12. The fourth-order valence-electron chi connectivity index (χ4n) is 5.47. The van der Waals surface area contributed by atoms with E-state index in [1.807, 2.05) is 36.1 Å². The van der Waals surface area contributed by atoms with Crippen LogP contribution < -0.4 is 24.8 Å². The summed E-state index contributed by atoms with van der Waals surface area (Å²) >= 11 is 0. The van der Waals surface area contributed by atoms with Gasteiger partial charge in [0.05, 0.1) is 25.0 Å². The van der Waals surface area contributed by atoms with Gasteiger partial charge in [-0.2, -0.15) is 13.2 Å². The number of pyridine rings is 1. The molecule has 3 aromatic carbocycles. The number of carbonyl (C=O) groups is 1. The van der Waals surface area contributed by atoms with Gasteiger partial charge in [-0.15, -0.1) is 0 Å². The molecule has 0 radical (unpaired) electrons. The van der Waals surface area contributed by atoms with Gasteiger partial charge in [0.2, 0.25) is 0 Å². The molecule has 0 atom stereocenters. The number of carbonyl (C=O) groups excluding carboxylic acids is 1. The van der Waals surface area contributed by atoms with E-state index in [1.54, 1.807) is 19.2 Å². The van der Waals surface area contributed by atoms with E-state index in [1.165, 1.54) is 30.5 Å². The fourth-order valence-corrected chi connectivity index (χ4v) is 5.47. The maximum absolute atomic E-state index is 15.2. The van der Waals surface area contributed by atoms with Gasteiger partial charge in [0, 0.05) is 50.2 Å². The van der Waals surface area contributed by atoms with Crippen molar-refractivity contribution in [3.63, 3.8) is 0 Å². The molecule has 1 aliphatic rings. The number of hydrogen-bond donors (Lipinski definition) is 2. The lowest BCUT2D eigenvalue weighted by Crippen LogP contribution is -2.45. The Morgan fingerprint density at radius 3 is 2.27 bits per heavy atom. The lowest BCUT2D eigenvalue weighted by Gasteiger charge is -2.34. The molecule has 2 N–H and O–H groups in total. The Bertz CT molecular complexity index is 1730. The molecule has 0 aliphatic carbocycles. The van der Waals surface area contributed by atoms with E-state index >= 15 is 4.39 Å². The molecule has 1 aromatic heterocycles. The number of alkyl halides is 3. The zero-order chi connectivity index (χ0) is 35.0. The quantitative estimate of drug-likeness (QED) is 0.148. The second kappa shape index (κ2) is 16.0. The topological polar surface area (TPSA) is 88.2 Å². The van der Waals surface area contributed by atoms with Crippen molar-refractivity contribution in [2.45, 2.75) is 33.2 Å². The average Bonchev–Trinajstić information content (AvgIpc) is 3.09. The summed E-state index contributed by atoms with van der Waals surface area (Å²) in [7, 11) is 1.59. The maximum atomic E-state index is 15.2. The summed E-state index contributed by atoms with van der Waals surface area (Å²) in [5.74, 6) is 0.624. The van der Waals surface area contributed by atoms with Crippen molar-refractivity contribution in [2.75, 3.05) is 57.1 Å². The second-order valence-electron chi connectivity index (χ2n) is 11.5. The molecule has 9 nitrogen and oxygen atoms in total. The van der Waals surface area contributed by atoms with Crippen molar-refractivity contribution in [1.29, 1.82) is 0 Å². The third-order valence-electron chi connectivity index (χ3n) is 8.18. The van der Waals surface area contributed by atoms with Crippen LogP contribution in [0.25, 0.3) is 11.1 Å². The zero-order valence-corrected chi connectivity index (χ0v) is 27.6. The Labute approximate surface area is 282 Å². The van der Waals surface area contributed by atoms with Gasteiger partial charge >= 0.3 is 12.2 Å². The standard InChI is InChI=1S/C36H39F4N5O4/c1-4-44-14-16-45(17-15-44)22-26-8-10-28(20-30(26)36(38,39)40)42-35(46)43-32-13-9-25(18-31(32)37)27-19-33(48-5-2)34(41-21-27)49-23-24-6-11-29(47-3)12-7-24/h6-13,18-21H,4-5,14-17,22-23H2,1-3H3,(H2,42,43,46). The van der Waals surface area contributed by atoms with Gasteiger partial charge in [0.1, 0.15) is 18.2 Å². The van der Waals surface area contributed by atoms with E-state index in [0.29, 0.717) is 36.6 Å². The Kier molecular flexibility index (Phi) is 11.6. The van der Waals surface area contributed by atoms with Crippen LogP contribution in [0.2, 0.25) is 0 Å². The number of urea groups is 1. The molecule has 5 rings (SSSR count). The summed E-state index contributed by atoms with van der Waals surface area (Å²) in [6.07, 6.45) is -3.10. The summed E-state index contributed by atoms with van der Waals surface area (Å²) in [4.78, 5) is 21.3. The predicted molar refractivity (Wildman–Crippen MR) is 180 cm³/mol. The average molecular weight is 682 g/mol. The molecule has 1 aliphatic heterocycles. The molecule has 0 spiro atoms. The molecule has 0 bridgehead atoms. The first kappa shape index (κ1) is 35.4. The van der Waals surface area contributed by atoms with Crippen LogP contribution in [-0.4, -0.2) is 67.3 Å². The van der Waals surface area contributed by atoms with Crippen LogP contribution in [0.4, 0.5) is 33.7 Å². The minimum atomic E-state index is -4.62. The van der Waals surface area contributed by atoms with Crippen LogP contribution >= 0.6 is 0 Å². The number of likely N-dealkylation sites (N-methyl/N-ethyl adjacent to an activating group) is 1. The zero-order valence-electron chi connectivity index (χ0n) is 27.6. The first-order valence-corrected chi connectivity index (χ1v) is 16.0. The third-order valence-corrected chi connectivity index (χ3v) is 8.18. The van der Waals surface area contributed by atoms with Crippen LogP contribution in [0.5, 0.6) is 17.4 Å². The minimum Gasteiger partial charge on any atom is -0.497 e. The van der Waals surface area contributed by atoms with Gasteiger partial charge in [-0.1, -0.05) is 31.2 Å². The van der Waals surface area contributed by atoms with Crippen LogP contribution in [-0.2, 0) is 19.3 Å². The highest BCUT2D eigenvalue weighted by molar-refractivity contribution is 6.00. The first-order chi connectivity index (χ1) is 23.6. The molecule has 13 heteroatoms. The van der Waals surface area contributed by atoms with Crippen molar-refractivity contribution < 1.29 is 36.6 Å². The number of amides is 2. The molecule has 0 unspecified atom stereocenters. The number of anilines is 2. The normalized spacial score (nSPS) is 13.9. The lowest BCUT2D eigenvalue weighted by atomic mass is 10.0. The minimum absolute atomic E-state index is 0.0646. The molecule has 2 heterocycles. The number of aromatic nitrogens is 1. The number of methoxy groups -OCH3 is 1. The smallest absolute Gasteiger partial charge is 0.416 e. The summed E-state index contributed by atoms with van der Waals surface area (Å²) in [6.45, 7) is 8.47. The number of nitrogens with zero attached hydrogens (tertiary/aromatic N) is 3.